The first-order valence-corrected chi connectivity index (χ1v) is 6.71. The van der Waals surface area contributed by atoms with Crippen molar-refractivity contribution in [1.82, 2.24) is 0 Å². The number of rotatable bonds is 1. The molecule has 0 aromatic heterocycles. The zero-order valence-corrected chi connectivity index (χ0v) is 9.70. The van der Waals surface area contributed by atoms with E-state index in [4.69, 9.17) is 25.4 Å². The maximum Gasteiger partial charge on any atom is 0.332 e. The van der Waals surface area contributed by atoms with E-state index in [1.807, 2.05) is 0 Å². The van der Waals surface area contributed by atoms with Gasteiger partial charge in [-0.15, -0.1) is 0 Å². The van der Waals surface area contributed by atoms with Gasteiger partial charge in [0.15, 0.2) is 13.1 Å². The smallest absolute Gasteiger partial charge is 0.321 e. The first kappa shape index (κ1) is 11.1. The molecule has 0 saturated carbocycles. The molecule has 4 nitrogen and oxygen atoms in total. The van der Waals surface area contributed by atoms with E-state index in [0.29, 0.717) is 5.02 Å². The standard InChI is InChI=1S/C9H10ClO4P/c1-15(11)13-6-12-9(14-15)7-3-2-4-8(10)5-7/h2-5,9H,6H2,1H3/t9-,15?/m0/s1. The summed E-state index contributed by atoms with van der Waals surface area (Å²) in [4.78, 5) is 0. The molecule has 0 aliphatic carbocycles. The van der Waals surface area contributed by atoms with E-state index in [1.54, 1.807) is 24.3 Å². The number of hydrogen-bond donors (Lipinski definition) is 0. The summed E-state index contributed by atoms with van der Waals surface area (Å²) in [6, 6.07) is 7.02. The van der Waals surface area contributed by atoms with Crippen LogP contribution in [0.5, 0.6) is 0 Å². The molecular formula is C9H10ClO4P. The first-order chi connectivity index (χ1) is 7.07. The van der Waals surface area contributed by atoms with E-state index in [0.717, 1.165) is 5.56 Å². The zero-order chi connectivity index (χ0) is 10.9. The number of ether oxygens (including phenoxy) is 1. The van der Waals surface area contributed by atoms with Crippen molar-refractivity contribution in [3.8, 4) is 0 Å². The summed E-state index contributed by atoms with van der Waals surface area (Å²) >= 11 is 5.82. The SMILES string of the molecule is CP1(=O)OCO[C@H](c2cccc(Cl)c2)O1. The van der Waals surface area contributed by atoms with Gasteiger partial charge in [0, 0.05) is 17.3 Å². The third-order valence-electron chi connectivity index (χ3n) is 1.91. The molecule has 0 N–H and O–H groups in total. The molecular weight excluding hydrogens is 239 g/mol. The summed E-state index contributed by atoms with van der Waals surface area (Å²) in [5, 5.41) is 0.581. The van der Waals surface area contributed by atoms with Crippen molar-refractivity contribution < 1.29 is 18.3 Å². The van der Waals surface area contributed by atoms with Crippen LogP contribution in [-0.4, -0.2) is 13.5 Å². The summed E-state index contributed by atoms with van der Waals surface area (Å²) in [6.07, 6.45) is -0.673. The Balaban J connectivity index is 2.21. The van der Waals surface area contributed by atoms with Gasteiger partial charge in [-0.2, -0.15) is 0 Å². The van der Waals surface area contributed by atoms with Gasteiger partial charge in [-0.3, -0.25) is 13.6 Å². The van der Waals surface area contributed by atoms with E-state index >= 15 is 0 Å². The Labute approximate surface area is 92.6 Å². The predicted molar refractivity (Wildman–Crippen MR) is 55.8 cm³/mol. The molecule has 0 radical (unpaired) electrons. The fraction of sp³-hybridized carbons (Fsp3) is 0.333. The van der Waals surface area contributed by atoms with Crippen molar-refractivity contribution in [2.75, 3.05) is 13.5 Å². The lowest BCUT2D eigenvalue weighted by atomic mass is 10.2. The molecule has 0 amide bonds. The van der Waals surface area contributed by atoms with Gasteiger partial charge in [-0.1, -0.05) is 23.7 Å². The summed E-state index contributed by atoms with van der Waals surface area (Å²) in [5.74, 6) is 0. The average Bonchev–Trinajstić information content (AvgIpc) is 2.16. The maximum absolute atomic E-state index is 11.5. The van der Waals surface area contributed by atoms with E-state index in [1.165, 1.54) is 6.66 Å². The van der Waals surface area contributed by atoms with Gasteiger partial charge >= 0.3 is 7.60 Å². The molecule has 2 rings (SSSR count). The maximum atomic E-state index is 11.5. The van der Waals surface area contributed by atoms with Crippen molar-refractivity contribution >= 4 is 19.2 Å². The molecule has 82 valence electrons. The molecule has 1 aromatic rings. The molecule has 1 aliphatic rings. The van der Waals surface area contributed by atoms with Gasteiger partial charge in [-0.05, 0) is 12.1 Å². The Hall–Kier alpha value is -0.380. The lowest BCUT2D eigenvalue weighted by Crippen LogP contribution is -2.16. The highest BCUT2D eigenvalue weighted by Gasteiger charge is 2.30. The fourth-order valence-corrected chi connectivity index (χ4v) is 2.28. The van der Waals surface area contributed by atoms with E-state index < -0.39 is 13.9 Å². The Morgan fingerprint density at radius 1 is 1.53 bits per heavy atom. The van der Waals surface area contributed by atoms with Crippen LogP contribution in [0.1, 0.15) is 11.9 Å². The number of hydrogen-bond acceptors (Lipinski definition) is 4. The summed E-state index contributed by atoms with van der Waals surface area (Å²) in [5.41, 5.74) is 0.730. The van der Waals surface area contributed by atoms with Crippen LogP contribution in [-0.2, 0) is 18.3 Å². The lowest BCUT2D eigenvalue weighted by Gasteiger charge is -2.27. The Morgan fingerprint density at radius 3 is 3.00 bits per heavy atom. The molecule has 1 saturated heterocycles. The molecule has 15 heavy (non-hydrogen) atoms. The van der Waals surface area contributed by atoms with Crippen molar-refractivity contribution in [1.29, 1.82) is 0 Å². The Bertz CT molecular complexity index is 409. The monoisotopic (exact) mass is 248 g/mol. The number of halogens is 1. The summed E-state index contributed by atoms with van der Waals surface area (Å²) < 4.78 is 26.7. The van der Waals surface area contributed by atoms with Crippen LogP contribution in [0.4, 0.5) is 0 Å². The van der Waals surface area contributed by atoms with Crippen LogP contribution >= 0.6 is 19.2 Å². The van der Waals surface area contributed by atoms with Crippen LogP contribution < -0.4 is 0 Å². The Morgan fingerprint density at radius 2 is 2.33 bits per heavy atom. The van der Waals surface area contributed by atoms with Crippen LogP contribution in [0.3, 0.4) is 0 Å². The zero-order valence-electron chi connectivity index (χ0n) is 8.05. The largest absolute Gasteiger partial charge is 0.332 e. The minimum atomic E-state index is -2.99. The molecule has 1 heterocycles. The molecule has 1 unspecified atom stereocenters. The highest BCUT2D eigenvalue weighted by Crippen LogP contribution is 2.51. The normalized spacial score (nSPS) is 31.5. The predicted octanol–water partition coefficient (Wildman–Crippen LogP) is 3.18. The van der Waals surface area contributed by atoms with Gasteiger partial charge in [0.2, 0.25) is 0 Å². The lowest BCUT2D eigenvalue weighted by molar-refractivity contribution is -0.172. The first-order valence-electron chi connectivity index (χ1n) is 4.34. The highest BCUT2D eigenvalue weighted by atomic mass is 35.5. The molecule has 1 aromatic carbocycles. The topological polar surface area (TPSA) is 44.8 Å². The van der Waals surface area contributed by atoms with Gasteiger partial charge < -0.3 is 4.74 Å². The van der Waals surface area contributed by atoms with Gasteiger partial charge in [0.05, 0.1) is 0 Å². The molecule has 0 bridgehead atoms. The molecule has 6 heteroatoms. The third kappa shape index (κ3) is 2.80. The molecule has 0 spiro atoms. The molecule has 2 atom stereocenters. The van der Waals surface area contributed by atoms with E-state index in [9.17, 15) is 4.57 Å². The van der Waals surface area contributed by atoms with Crippen LogP contribution in [0.2, 0.25) is 5.02 Å². The quantitative estimate of drug-likeness (QED) is 0.716. The van der Waals surface area contributed by atoms with Gasteiger partial charge in [0.25, 0.3) is 0 Å². The van der Waals surface area contributed by atoms with Crippen LogP contribution in [0.15, 0.2) is 24.3 Å². The molecule has 1 aliphatic heterocycles. The van der Waals surface area contributed by atoms with Gasteiger partial charge in [-0.25, -0.2) is 0 Å². The number of benzene rings is 1. The van der Waals surface area contributed by atoms with Crippen molar-refractivity contribution in [3.05, 3.63) is 34.9 Å². The van der Waals surface area contributed by atoms with Crippen molar-refractivity contribution in [3.63, 3.8) is 0 Å². The second-order valence-corrected chi connectivity index (χ2v) is 5.63. The van der Waals surface area contributed by atoms with Crippen molar-refractivity contribution in [2.24, 2.45) is 0 Å². The summed E-state index contributed by atoms with van der Waals surface area (Å²) in [6.45, 7) is 1.37. The van der Waals surface area contributed by atoms with Crippen molar-refractivity contribution in [2.45, 2.75) is 6.29 Å². The second-order valence-electron chi connectivity index (χ2n) is 3.18. The highest BCUT2D eigenvalue weighted by molar-refractivity contribution is 7.53. The average molecular weight is 249 g/mol. The van der Waals surface area contributed by atoms with Crippen LogP contribution in [0.25, 0.3) is 0 Å². The molecule has 1 fully saturated rings. The van der Waals surface area contributed by atoms with Crippen LogP contribution in [0, 0.1) is 0 Å². The second kappa shape index (κ2) is 4.24. The van der Waals surface area contributed by atoms with E-state index in [-0.39, 0.29) is 6.79 Å². The Kier molecular flexibility index (Phi) is 3.14. The minimum absolute atomic E-state index is 0.0367. The fourth-order valence-electron chi connectivity index (χ4n) is 1.23. The van der Waals surface area contributed by atoms with Gasteiger partial charge in [0.1, 0.15) is 0 Å². The minimum Gasteiger partial charge on any atom is -0.321 e. The summed E-state index contributed by atoms with van der Waals surface area (Å²) in [7, 11) is -2.99. The third-order valence-corrected chi connectivity index (χ3v) is 3.30. The van der Waals surface area contributed by atoms with E-state index in [2.05, 4.69) is 0 Å².